The highest BCUT2D eigenvalue weighted by Gasteiger charge is 2.21. The topological polar surface area (TPSA) is 50.4 Å². The SMILES string of the molecule is CC(C)(CN=C(N)Nc1cc(F)ccc1F)c1cccs1. The van der Waals surface area contributed by atoms with Crippen molar-refractivity contribution in [1.29, 1.82) is 0 Å². The summed E-state index contributed by atoms with van der Waals surface area (Å²) in [6.07, 6.45) is 0. The Kier molecular flexibility index (Phi) is 4.57. The highest BCUT2D eigenvalue weighted by atomic mass is 32.1. The fraction of sp³-hybridized carbons (Fsp3) is 0.267. The van der Waals surface area contributed by atoms with Crippen molar-refractivity contribution in [1.82, 2.24) is 0 Å². The maximum Gasteiger partial charge on any atom is 0.193 e. The van der Waals surface area contributed by atoms with E-state index >= 15 is 0 Å². The van der Waals surface area contributed by atoms with Crippen LogP contribution in [0.25, 0.3) is 0 Å². The van der Waals surface area contributed by atoms with Gasteiger partial charge in [0.05, 0.1) is 12.2 Å². The largest absolute Gasteiger partial charge is 0.370 e. The van der Waals surface area contributed by atoms with Crippen LogP contribution in [0.3, 0.4) is 0 Å². The van der Waals surface area contributed by atoms with Gasteiger partial charge in [0.1, 0.15) is 11.6 Å². The average Bonchev–Trinajstić information content (AvgIpc) is 2.96. The molecule has 0 spiro atoms. The van der Waals surface area contributed by atoms with Gasteiger partial charge in [-0.15, -0.1) is 11.3 Å². The van der Waals surface area contributed by atoms with Crippen LogP contribution in [0.2, 0.25) is 0 Å². The normalized spacial score (nSPS) is 12.5. The van der Waals surface area contributed by atoms with E-state index < -0.39 is 11.6 Å². The number of hydrogen-bond donors (Lipinski definition) is 2. The fourth-order valence-corrected chi connectivity index (χ4v) is 2.64. The highest BCUT2D eigenvalue weighted by Crippen LogP contribution is 2.27. The summed E-state index contributed by atoms with van der Waals surface area (Å²) in [6, 6.07) is 7.15. The average molecular weight is 309 g/mol. The molecule has 1 heterocycles. The molecule has 3 nitrogen and oxygen atoms in total. The van der Waals surface area contributed by atoms with E-state index in [4.69, 9.17) is 5.73 Å². The summed E-state index contributed by atoms with van der Waals surface area (Å²) in [7, 11) is 0. The quantitative estimate of drug-likeness (QED) is 0.668. The number of nitrogens with zero attached hydrogens (tertiary/aromatic N) is 1. The van der Waals surface area contributed by atoms with Crippen molar-refractivity contribution in [2.24, 2.45) is 10.7 Å². The van der Waals surface area contributed by atoms with Gasteiger partial charge in [0.2, 0.25) is 0 Å². The van der Waals surface area contributed by atoms with E-state index in [9.17, 15) is 8.78 Å². The summed E-state index contributed by atoms with van der Waals surface area (Å²) in [6.45, 7) is 4.56. The number of guanidine groups is 1. The molecular formula is C15H17F2N3S. The van der Waals surface area contributed by atoms with Crippen molar-refractivity contribution in [2.45, 2.75) is 19.3 Å². The third-order valence-electron chi connectivity index (χ3n) is 3.02. The second-order valence-corrected chi connectivity index (χ2v) is 6.26. The second-order valence-electron chi connectivity index (χ2n) is 5.31. The monoisotopic (exact) mass is 309 g/mol. The number of benzene rings is 1. The lowest BCUT2D eigenvalue weighted by molar-refractivity contribution is 0.551. The fourth-order valence-electron chi connectivity index (χ4n) is 1.80. The van der Waals surface area contributed by atoms with Crippen LogP contribution < -0.4 is 11.1 Å². The molecule has 0 unspecified atom stereocenters. The Labute approximate surface area is 126 Å². The first-order chi connectivity index (χ1) is 9.88. The smallest absolute Gasteiger partial charge is 0.193 e. The Balaban J connectivity index is 2.06. The lowest BCUT2D eigenvalue weighted by atomic mass is 9.92. The molecule has 21 heavy (non-hydrogen) atoms. The van der Waals surface area contributed by atoms with Crippen LogP contribution in [-0.2, 0) is 5.41 Å². The van der Waals surface area contributed by atoms with Crippen LogP contribution in [0.1, 0.15) is 18.7 Å². The number of anilines is 1. The molecule has 1 aromatic carbocycles. The summed E-state index contributed by atoms with van der Waals surface area (Å²) >= 11 is 1.65. The Hall–Kier alpha value is -1.95. The molecule has 1 aromatic heterocycles. The lowest BCUT2D eigenvalue weighted by Crippen LogP contribution is -2.27. The molecule has 0 aliphatic rings. The predicted molar refractivity (Wildman–Crippen MR) is 83.8 cm³/mol. The summed E-state index contributed by atoms with van der Waals surface area (Å²) in [5, 5.41) is 4.59. The Morgan fingerprint density at radius 2 is 2.10 bits per heavy atom. The highest BCUT2D eigenvalue weighted by molar-refractivity contribution is 7.10. The van der Waals surface area contributed by atoms with Gasteiger partial charge in [-0.25, -0.2) is 8.78 Å². The van der Waals surface area contributed by atoms with E-state index in [-0.39, 0.29) is 17.1 Å². The van der Waals surface area contributed by atoms with Crippen molar-refractivity contribution in [3.05, 3.63) is 52.2 Å². The molecular weight excluding hydrogens is 292 g/mol. The van der Waals surface area contributed by atoms with Gasteiger partial charge in [-0.1, -0.05) is 19.9 Å². The molecule has 0 atom stereocenters. The number of aliphatic imine (C=N–C) groups is 1. The van der Waals surface area contributed by atoms with Crippen LogP contribution in [0, 0.1) is 11.6 Å². The van der Waals surface area contributed by atoms with E-state index in [2.05, 4.69) is 24.2 Å². The van der Waals surface area contributed by atoms with Crippen LogP contribution in [0.15, 0.2) is 40.7 Å². The number of nitrogens with one attached hydrogen (secondary N) is 1. The van der Waals surface area contributed by atoms with Gasteiger partial charge >= 0.3 is 0 Å². The van der Waals surface area contributed by atoms with E-state index in [0.29, 0.717) is 6.54 Å². The Morgan fingerprint density at radius 3 is 2.76 bits per heavy atom. The van der Waals surface area contributed by atoms with Gasteiger partial charge in [-0.2, -0.15) is 0 Å². The van der Waals surface area contributed by atoms with Gasteiger partial charge in [0.15, 0.2) is 5.96 Å². The zero-order valence-corrected chi connectivity index (χ0v) is 12.7. The van der Waals surface area contributed by atoms with Gasteiger partial charge in [0.25, 0.3) is 0 Å². The third kappa shape index (κ3) is 4.01. The summed E-state index contributed by atoms with van der Waals surface area (Å²) in [5.74, 6) is -1.05. The van der Waals surface area contributed by atoms with E-state index in [1.165, 1.54) is 4.88 Å². The number of hydrogen-bond acceptors (Lipinski definition) is 2. The van der Waals surface area contributed by atoms with Gasteiger partial charge in [-0.05, 0) is 23.6 Å². The number of halogens is 2. The molecule has 0 saturated heterocycles. The van der Waals surface area contributed by atoms with E-state index in [1.54, 1.807) is 11.3 Å². The molecule has 0 aliphatic heterocycles. The first-order valence-electron chi connectivity index (χ1n) is 6.44. The number of nitrogens with two attached hydrogens (primary N) is 1. The van der Waals surface area contributed by atoms with Crippen molar-refractivity contribution in [2.75, 3.05) is 11.9 Å². The standard InChI is InChI=1S/C15H17F2N3S/c1-15(2,13-4-3-7-21-13)9-19-14(18)20-12-8-10(16)5-6-11(12)17/h3-8H,9H2,1-2H3,(H3,18,19,20). The first kappa shape index (κ1) is 15.4. The molecule has 112 valence electrons. The van der Waals surface area contributed by atoms with Crippen LogP contribution in [0.5, 0.6) is 0 Å². The molecule has 0 radical (unpaired) electrons. The maximum atomic E-state index is 13.5. The summed E-state index contributed by atoms with van der Waals surface area (Å²) in [5.41, 5.74) is 5.55. The molecule has 0 aliphatic carbocycles. The molecule has 0 amide bonds. The van der Waals surface area contributed by atoms with Crippen molar-refractivity contribution in [3.63, 3.8) is 0 Å². The minimum atomic E-state index is -0.577. The van der Waals surface area contributed by atoms with Crippen LogP contribution >= 0.6 is 11.3 Å². The van der Waals surface area contributed by atoms with E-state index in [0.717, 1.165) is 18.2 Å². The molecule has 0 fully saturated rings. The summed E-state index contributed by atoms with van der Waals surface area (Å²) < 4.78 is 26.6. The molecule has 3 N–H and O–H groups in total. The molecule has 2 aromatic rings. The van der Waals surface area contributed by atoms with Gasteiger partial charge in [0, 0.05) is 16.4 Å². The van der Waals surface area contributed by atoms with Gasteiger partial charge in [-0.3, -0.25) is 4.99 Å². The number of rotatable bonds is 4. The minimum Gasteiger partial charge on any atom is -0.370 e. The van der Waals surface area contributed by atoms with Crippen molar-refractivity contribution >= 4 is 23.0 Å². The second kappa shape index (κ2) is 6.22. The summed E-state index contributed by atoms with van der Waals surface area (Å²) in [4.78, 5) is 5.41. The molecule has 0 bridgehead atoms. The maximum absolute atomic E-state index is 13.5. The minimum absolute atomic E-state index is 0.0230. The number of thiophene rings is 1. The first-order valence-corrected chi connectivity index (χ1v) is 7.32. The predicted octanol–water partition coefficient (Wildman–Crippen LogP) is 3.73. The Bertz CT molecular complexity index is 636. The zero-order valence-electron chi connectivity index (χ0n) is 11.9. The van der Waals surface area contributed by atoms with Crippen molar-refractivity contribution < 1.29 is 8.78 Å². The lowest BCUT2D eigenvalue weighted by Gasteiger charge is -2.21. The third-order valence-corrected chi connectivity index (χ3v) is 4.26. The molecule has 2 rings (SSSR count). The van der Waals surface area contributed by atoms with Crippen LogP contribution in [0.4, 0.5) is 14.5 Å². The van der Waals surface area contributed by atoms with Crippen molar-refractivity contribution in [3.8, 4) is 0 Å². The van der Waals surface area contributed by atoms with Crippen LogP contribution in [-0.4, -0.2) is 12.5 Å². The Morgan fingerprint density at radius 1 is 1.33 bits per heavy atom. The zero-order chi connectivity index (χ0) is 15.5. The van der Waals surface area contributed by atoms with E-state index in [1.807, 2.05) is 17.5 Å². The molecule has 0 saturated carbocycles. The van der Waals surface area contributed by atoms with Gasteiger partial charge < -0.3 is 11.1 Å². The molecule has 6 heteroatoms.